The first-order chi connectivity index (χ1) is 6.39. The van der Waals surface area contributed by atoms with Gasteiger partial charge in [0.2, 0.25) is 10.5 Å². The van der Waals surface area contributed by atoms with Gasteiger partial charge in [-0.25, -0.2) is 9.98 Å². The van der Waals surface area contributed by atoms with Crippen molar-refractivity contribution in [3.05, 3.63) is 17.5 Å². The maximum Gasteiger partial charge on any atom is 0.444 e. The molecule has 1 heterocycles. The Morgan fingerprint density at radius 1 is 1.43 bits per heavy atom. The minimum atomic E-state index is -4.68. The second-order valence-corrected chi connectivity index (χ2v) is 2.78. The molecule has 76 valence electrons. The van der Waals surface area contributed by atoms with Gasteiger partial charge in [0, 0.05) is 12.3 Å². The van der Waals surface area contributed by atoms with Crippen LogP contribution in [0.1, 0.15) is 0 Å². The molecule has 0 amide bonds. The number of hydrogen-bond acceptors (Lipinski definition) is 3. The molecule has 1 aromatic heterocycles. The summed E-state index contributed by atoms with van der Waals surface area (Å²) in [6, 6.07) is 1.15. The zero-order valence-corrected chi connectivity index (χ0v) is 7.90. The Balaban J connectivity index is 2.98. The summed E-state index contributed by atoms with van der Waals surface area (Å²) in [6.45, 7) is 0. The third-order valence-electron chi connectivity index (χ3n) is 1.06. The molecule has 0 saturated heterocycles. The normalized spacial score (nSPS) is 13.1. The first-order valence-electron chi connectivity index (χ1n) is 3.19. The van der Waals surface area contributed by atoms with E-state index in [-0.39, 0.29) is 11.1 Å². The minimum Gasteiger partial charge on any atom is -0.226 e. The third-order valence-corrected chi connectivity index (χ3v) is 1.54. The van der Waals surface area contributed by atoms with Crippen molar-refractivity contribution in [3.8, 4) is 0 Å². The Labute approximate surface area is 86.6 Å². The highest BCUT2D eigenvalue weighted by Crippen LogP contribution is 2.22. The molecule has 1 aromatic rings. The van der Waals surface area contributed by atoms with E-state index < -0.39 is 11.3 Å². The minimum absolute atomic E-state index is 0.196. The maximum absolute atomic E-state index is 11.9. The van der Waals surface area contributed by atoms with Gasteiger partial charge in [-0.3, -0.25) is 0 Å². The number of hydrogen-bond donors (Lipinski definition) is 0. The van der Waals surface area contributed by atoms with Crippen LogP contribution in [-0.2, 0) is 0 Å². The lowest BCUT2D eigenvalue weighted by Gasteiger charge is -2.02. The zero-order valence-electron chi connectivity index (χ0n) is 6.39. The van der Waals surface area contributed by atoms with Crippen LogP contribution in [0.5, 0.6) is 0 Å². The monoisotopic (exact) mass is 243 g/mol. The number of alkyl halides is 3. The largest absolute Gasteiger partial charge is 0.444 e. The van der Waals surface area contributed by atoms with E-state index in [0.717, 1.165) is 6.07 Å². The average molecular weight is 244 g/mol. The highest BCUT2D eigenvalue weighted by atomic mass is 35.5. The highest BCUT2D eigenvalue weighted by Gasteiger charge is 2.34. The molecular weight excluding hydrogens is 242 g/mol. The summed E-state index contributed by atoms with van der Waals surface area (Å²) in [5.41, 5.74) is 0. The fourth-order valence-corrected chi connectivity index (χ4v) is 0.782. The summed E-state index contributed by atoms with van der Waals surface area (Å²) in [6.07, 6.45) is -3.51. The van der Waals surface area contributed by atoms with Gasteiger partial charge in [0.25, 0.3) is 0 Å². The van der Waals surface area contributed by atoms with Gasteiger partial charge in [-0.05, 0) is 11.6 Å². The molecular formula is C6H2Cl2F3N3. The molecule has 0 fully saturated rings. The van der Waals surface area contributed by atoms with E-state index in [4.69, 9.17) is 23.2 Å². The summed E-state index contributed by atoms with van der Waals surface area (Å²) in [5.74, 6) is -0.243. The molecule has 0 aromatic carbocycles. The Morgan fingerprint density at radius 2 is 2.07 bits per heavy atom. The molecule has 0 saturated carbocycles. The summed E-state index contributed by atoms with van der Waals surface area (Å²) < 4.78 is 35.7. The molecule has 0 N–H and O–H groups in total. The molecule has 0 unspecified atom stereocenters. The van der Waals surface area contributed by atoms with Crippen LogP contribution >= 0.6 is 23.2 Å². The van der Waals surface area contributed by atoms with Crippen molar-refractivity contribution in [3.63, 3.8) is 0 Å². The van der Waals surface area contributed by atoms with Crippen molar-refractivity contribution in [2.45, 2.75) is 6.18 Å². The van der Waals surface area contributed by atoms with Gasteiger partial charge < -0.3 is 0 Å². The fourth-order valence-electron chi connectivity index (χ4n) is 0.552. The van der Waals surface area contributed by atoms with Crippen molar-refractivity contribution >= 4 is 34.2 Å². The van der Waals surface area contributed by atoms with Crippen LogP contribution in [0.2, 0.25) is 5.28 Å². The predicted molar refractivity (Wildman–Crippen MR) is 46.0 cm³/mol. The van der Waals surface area contributed by atoms with E-state index in [1.165, 1.54) is 6.20 Å². The van der Waals surface area contributed by atoms with Crippen LogP contribution in [0.15, 0.2) is 17.3 Å². The van der Waals surface area contributed by atoms with Crippen molar-refractivity contribution in [1.82, 2.24) is 9.97 Å². The topological polar surface area (TPSA) is 38.1 Å². The van der Waals surface area contributed by atoms with Gasteiger partial charge in [-0.2, -0.15) is 18.2 Å². The number of halogens is 5. The van der Waals surface area contributed by atoms with Crippen LogP contribution < -0.4 is 0 Å². The second-order valence-electron chi connectivity index (χ2n) is 2.08. The zero-order chi connectivity index (χ0) is 10.8. The van der Waals surface area contributed by atoms with Crippen molar-refractivity contribution in [1.29, 1.82) is 0 Å². The van der Waals surface area contributed by atoms with Gasteiger partial charge in [-0.15, -0.1) is 0 Å². The highest BCUT2D eigenvalue weighted by molar-refractivity contribution is 6.67. The summed E-state index contributed by atoms with van der Waals surface area (Å²) in [7, 11) is 0. The molecule has 0 spiro atoms. The standard InChI is InChI=1S/C6H2Cl2F3N3/c7-4(6(9,10)11)13-3-1-2-12-5(8)14-3/h1-2H. The second kappa shape index (κ2) is 4.10. The molecule has 0 aliphatic heterocycles. The van der Waals surface area contributed by atoms with Crippen molar-refractivity contribution < 1.29 is 13.2 Å². The first kappa shape index (κ1) is 11.2. The van der Waals surface area contributed by atoms with Gasteiger partial charge in [0.1, 0.15) is 0 Å². The van der Waals surface area contributed by atoms with E-state index in [0.29, 0.717) is 0 Å². The van der Waals surface area contributed by atoms with Crippen LogP contribution in [-0.4, -0.2) is 21.3 Å². The lowest BCUT2D eigenvalue weighted by molar-refractivity contribution is -0.0558. The molecule has 0 aliphatic carbocycles. The van der Waals surface area contributed by atoms with Crippen LogP contribution in [0.4, 0.5) is 19.0 Å². The van der Waals surface area contributed by atoms with Gasteiger partial charge in [-0.1, -0.05) is 11.6 Å². The average Bonchev–Trinajstić information content (AvgIpc) is 2.02. The molecule has 0 radical (unpaired) electrons. The number of aliphatic imine (C=N–C) groups is 1. The summed E-state index contributed by atoms with van der Waals surface area (Å²) in [4.78, 5) is 9.89. The lowest BCUT2D eigenvalue weighted by Crippen LogP contribution is -2.16. The van der Waals surface area contributed by atoms with Crippen LogP contribution in [0.25, 0.3) is 0 Å². The van der Waals surface area contributed by atoms with E-state index in [9.17, 15) is 13.2 Å². The van der Waals surface area contributed by atoms with Crippen molar-refractivity contribution in [2.75, 3.05) is 0 Å². The van der Waals surface area contributed by atoms with Crippen LogP contribution in [0, 0.1) is 0 Å². The Morgan fingerprint density at radius 3 is 2.57 bits per heavy atom. The molecule has 3 nitrogen and oxygen atoms in total. The van der Waals surface area contributed by atoms with E-state index in [2.05, 4.69) is 15.0 Å². The van der Waals surface area contributed by atoms with Gasteiger partial charge >= 0.3 is 6.18 Å². The van der Waals surface area contributed by atoms with Crippen LogP contribution in [0.3, 0.4) is 0 Å². The number of nitrogens with zero attached hydrogens (tertiary/aromatic N) is 3. The van der Waals surface area contributed by atoms with E-state index in [1.54, 1.807) is 0 Å². The molecule has 0 aliphatic rings. The Bertz CT molecular complexity index is 364. The number of aromatic nitrogens is 2. The molecule has 1 rings (SSSR count). The predicted octanol–water partition coefficient (Wildman–Crippen LogP) is 2.96. The molecule has 14 heavy (non-hydrogen) atoms. The Hall–Kier alpha value is -0.880. The molecule has 8 heteroatoms. The van der Waals surface area contributed by atoms with Gasteiger partial charge in [0.05, 0.1) is 0 Å². The smallest absolute Gasteiger partial charge is 0.226 e. The van der Waals surface area contributed by atoms with Crippen molar-refractivity contribution in [2.24, 2.45) is 4.99 Å². The lowest BCUT2D eigenvalue weighted by atomic mass is 10.6. The fraction of sp³-hybridized carbons (Fsp3) is 0.167. The third kappa shape index (κ3) is 3.12. The molecule has 0 bridgehead atoms. The SMILES string of the molecule is FC(F)(F)C(Cl)=Nc1ccnc(Cl)n1. The first-order valence-corrected chi connectivity index (χ1v) is 3.95. The van der Waals surface area contributed by atoms with Gasteiger partial charge in [0.15, 0.2) is 5.82 Å². The van der Waals surface area contributed by atoms with E-state index >= 15 is 0 Å². The Kier molecular flexibility index (Phi) is 3.28. The summed E-state index contributed by atoms with van der Waals surface area (Å²) in [5, 5.41) is -1.70. The number of rotatable bonds is 1. The quantitative estimate of drug-likeness (QED) is 0.562. The molecule has 0 atom stereocenters. The van der Waals surface area contributed by atoms with E-state index in [1.807, 2.05) is 0 Å². The summed E-state index contributed by atoms with van der Waals surface area (Å²) >= 11 is 10.2. The maximum atomic E-state index is 11.9.